The molecule has 4 rings (SSSR count). The molecule has 1 saturated carbocycles. The van der Waals surface area contributed by atoms with Crippen molar-refractivity contribution in [3.63, 3.8) is 0 Å². The molecule has 3 heterocycles. The highest BCUT2D eigenvalue weighted by Gasteiger charge is 2.29. The summed E-state index contributed by atoms with van der Waals surface area (Å²) in [7, 11) is 0.330. The van der Waals surface area contributed by atoms with Gasteiger partial charge in [0, 0.05) is 38.0 Å². The van der Waals surface area contributed by atoms with Gasteiger partial charge in [-0.05, 0) is 30.9 Å². The van der Waals surface area contributed by atoms with Crippen molar-refractivity contribution in [2.24, 2.45) is 5.92 Å². The highest BCUT2D eigenvalue weighted by Crippen LogP contribution is 2.37. The summed E-state index contributed by atoms with van der Waals surface area (Å²) in [6.45, 7) is 8.30. The lowest BCUT2D eigenvalue weighted by atomic mass is 9.95. The second-order valence-corrected chi connectivity index (χ2v) is 15.8. The standard InChI is InChI=1S/C24H35N5O3Si/c1-31-22(30)13-21(18-7-5-6-8-18)29-15-19(14-27-29)23-20-9-10-28(24(20)26-16-25-23)17-32-11-12-33(2,3)4/h9-10,14-16,18,21H,5-8,11-13,17H2,1-4H3/t21-/m0/s1. The quantitative estimate of drug-likeness (QED) is 0.238. The Kier molecular flexibility index (Phi) is 7.28. The van der Waals surface area contributed by atoms with Crippen molar-refractivity contribution in [2.45, 2.75) is 70.6 Å². The molecule has 1 fully saturated rings. The van der Waals surface area contributed by atoms with Gasteiger partial charge in [0.15, 0.2) is 0 Å². The molecule has 0 radical (unpaired) electrons. The summed E-state index contributed by atoms with van der Waals surface area (Å²) in [6, 6.07) is 3.18. The molecular formula is C24H35N5O3Si. The van der Waals surface area contributed by atoms with Crippen molar-refractivity contribution in [1.82, 2.24) is 24.3 Å². The number of fused-ring (bicyclic) bond motifs is 1. The van der Waals surface area contributed by atoms with Crippen molar-refractivity contribution < 1.29 is 14.3 Å². The normalized spacial score (nSPS) is 15.9. The number of ether oxygens (including phenoxy) is 2. The smallest absolute Gasteiger partial charge is 0.307 e. The first-order chi connectivity index (χ1) is 15.9. The highest BCUT2D eigenvalue weighted by molar-refractivity contribution is 6.76. The van der Waals surface area contributed by atoms with E-state index in [0.717, 1.165) is 47.8 Å². The molecule has 0 saturated heterocycles. The fourth-order valence-corrected chi connectivity index (χ4v) is 5.35. The number of esters is 1. The van der Waals surface area contributed by atoms with Crippen LogP contribution in [0.5, 0.6) is 0 Å². The lowest BCUT2D eigenvalue weighted by Crippen LogP contribution is -2.22. The van der Waals surface area contributed by atoms with Crippen molar-refractivity contribution in [3.8, 4) is 11.3 Å². The Balaban J connectivity index is 1.54. The monoisotopic (exact) mass is 469 g/mol. The Bertz CT molecular complexity index is 1080. The largest absolute Gasteiger partial charge is 0.469 e. The zero-order valence-electron chi connectivity index (χ0n) is 20.2. The van der Waals surface area contributed by atoms with Gasteiger partial charge in [-0.15, -0.1) is 0 Å². The Morgan fingerprint density at radius 1 is 1.24 bits per heavy atom. The van der Waals surface area contributed by atoms with E-state index in [0.29, 0.717) is 19.1 Å². The van der Waals surface area contributed by atoms with Gasteiger partial charge >= 0.3 is 5.97 Å². The minimum absolute atomic E-state index is 0.00962. The molecule has 9 heteroatoms. The van der Waals surface area contributed by atoms with Gasteiger partial charge in [-0.3, -0.25) is 9.48 Å². The number of aromatic nitrogens is 5. The molecule has 0 unspecified atom stereocenters. The summed E-state index contributed by atoms with van der Waals surface area (Å²) in [6.07, 6.45) is 12.4. The van der Waals surface area contributed by atoms with E-state index in [4.69, 9.17) is 9.47 Å². The Hall–Kier alpha value is -2.52. The van der Waals surface area contributed by atoms with Crippen molar-refractivity contribution >= 4 is 25.1 Å². The Morgan fingerprint density at radius 2 is 2.03 bits per heavy atom. The SMILES string of the molecule is COC(=O)C[C@@H](C1CCCC1)n1cc(-c2ncnc3c2ccn3COCC[Si](C)(C)C)cn1. The van der Waals surface area contributed by atoms with Crippen LogP contribution >= 0.6 is 0 Å². The Labute approximate surface area is 196 Å². The second kappa shape index (κ2) is 10.2. The van der Waals surface area contributed by atoms with Crippen LogP contribution in [0.2, 0.25) is 25.7 Å². The summed E-state index contributed by atoms with van der Waals surface area (Å²) in [4.78, 5) is 21.1. The van der Waals surface area contributed by atoms with Crippen LogP contribution in [0.1, 0.15) is 38.1 Å². The minimum Gasteiger partial charge on any atom is -0.469 e. The molecule has 1 atom stereocenters. The molecule has 1 aliphatic carbocycles. The molecule has 33 heavy (non-hydrogen) atoms. The lowest BCUT2D eigenvalue weighted by Gasteiger charge is -2.22. The first-order valence-electron chi connectivity index (χ1n) is 11.8. The van der Waals surface area contributed by atoms with E-state index in [2.05, 4.69) is 34.7 Å². The molecular weight excluding hydrogens is 434 g/mol. The molecule has 8 nitrogen and oxygen atoms in total. The maximum atomic E-state index is 12.1. The molecule has 0 aromatic carbocycles. The van der Waals surface area contributed by atoms with E-state index in [1.54, 1.807) is 6.33 Å². The fourth-order valence-electron chi connectivity index (χ4n) is 4.59. The molecule has 0 N–H and O–H groups in total. The van der Waals surface area contributed by atoms with Crippen LogP contribution in [0.4, 0.5) is 0 Å². The predicted molar refractivity (Wildman–Crippen MR) is 130 cm³/mol. The van der Waals surface area contributed by atoms with Gasteiger partial charge in [-0.2, -0.15) is 5.10 Å². The Morgan fingerprint density at radius 3 is 2.76 bits per heavy atom. The molecule has 3 aromatic heterocycles. The number of carbonyl (C=O) groups is 1. The molecule has 0 bridgehead atoms. The summed E-state index contributed by atoms with van der Waals surface area (Å²) >= 11 is 0. The van der Waals surface area contributed by atoms with Gasteiger partial charge in [0.2, 0.25) is 0 Å². The maximum Gasteiger partial charge on any atom is 0.307 e. The van der Waals surface area contributed by atoms with Crippen LogP contribution in [-0.2, 0) is 21.0 Å². The lowest BCUT2D eigenvalue weighted by molar-refractivity contribution is -0.142. The zero-order valence-corrected chi connectivity index (χ0v) is 21.2. The third-order valence-electron chi connectivity index (χ3n) is 6.55. The number of rotatable bonds is 10. The topological polar surface area (TPSA) is 84.1 Å². The minimum atomic E-state index is -1.11. The van der Waals surface area contributed by atoms with E-state index in [1.165, 1.54) is 20.0 Å². The second-order valence-electron chi connectivity index (χ2n) is 10.2. The summed E-state index contributed by atoms with van der Waals surface area (Å²) in [5.74, 6) is 0.247. The molecule has 0 amide bonds. The van der Waals surface area contributed by atoms with Crippen LogP contribution in [0.3, 0.4) is 0 Å². The van der Waals surface area contributed by atoms with Gasteiger partial charge in [-0.25, -0.2) is 9.97 Å². The third kappa shape index (κ3) is 5.70. The number of hydrogen-bond acceptors (Lipinski definition) is 6. The fraction of sp³-hybridized carbons (Fsp3) is 0.583. The van der Waals surface area contributed by atoms with Gasteiger partial charge in [-0.1, -0.05) is 32.5 Å². The summed E-state index contributed by atoms with van der Waals surface area (Å²) in [5.41, 5.74) is 2.62. The van der Waals surface area contributed by atoms with E-state index in [-0.39, 0.29) is 12.0 Å². The molecule has 3 aromatic rings. The molecule has 1 aliphatic rings. The van der Waals surface area contributed by atoms with Crippen LogP contribution in [-0.4, -0.2) is 52.1 Å². The van der Waals surface area contributed by atoms with E-state index < -0.39 is 8.07 Å². The average molecular weight is 470 g/mol. The number of methoxy groups -OCH3 is 1. The summed E-state index contributed by atoms with van der Waals surface area (Å²) < 4.78 is 14.8. The van der Waals surface area contributed by atoms with Crippen LogP contribution in [0, 0.1) is 5.92 Å². The van der Waals surface area contributed by atoms with Gasteiger partial charge in [0.25, 0.3) is 0 Å². The molecule has 0 spiro atoms. The van der Waals surface area contributed by atoms with E-state index in [9.17, 15) is 4.79 Å². The van der Waals surface area contributed by atoms with Crippen molar-refractivity contribution in [2.75, 3.05) is 13.7 Å². The third-order valence-corrected chi connectivity index (χ3v) is 8.25. The van der Waals surface area contributed by atoms with Crippen molar-refractivity contribution in [3.05, 3.63) is 31.0 Å². The highest BCUT2D eigenvalue weighted by atomic mass is 28.3. The molecule has 0 aliphatic heterocycles. The number of carbonyl (C=O) groups excluding carboxylic acids is 1. The maximum absolute atomic E-state index is 12.1. The first-order valence-corrected chi connectivity index (χ1v) is 15.6. The van der Waals surface area contributed by atoms with Gasteiger partial charge in [0.05, 0.1) is 31.5 Å². The number of hydrogen-bond donors (Lipinski definition) is 0. The number of nitrogens with zero attached hydrogens (tertiary/aromatic N) is 5. The van der Waals surface area contributed by atoms with Gasteiger partial charge < -0.3 is 14.0 Å². The van der Waals surface area contributed by atoms with Crippen molar-refractivity contribution in [1.29, 1.82) is 0 Å². The van der Waals surface area contributed by atoms with Crippen LogP contribution in [0.15, 0.2) is 31.0 Å². The van der Waals surface area contributed by atoms with Crippen LogP contribution in [0.25, 0.3) is 22.3 Å². The summed E-state index contributed by atoms with van der Waals surface area (Å²) in [5, 5.41) is 5.61. The average Bonchev–Trinajstić information content (AvgIpc) is 3.55. The van der Waals surface area contributed by atoms with E-state index in [1.807, 2.05) is 33.9 Å². The first kappa shape index (κ1) is 23.6. The zero-order chi connectivity index (χ0) is 23.4. The van der Waals surface area contributed by atoms with Gasteiger partial charge in [0.1, 0.15) is 18.7 Å². The predicted octanol–water partition coefficient (Wildman–Crippen LogP) is 4.90. The molecule has 178 valence electrons. The van der Waals surface area contributed by atoms with E-state index >= 15 is 0 Å². The van der Waals surface area contributed by atoms with Crippen LogP contribution < -0.4 is 0 Å².